The molecule has 1 fully saturated rings. The van der Waals surface area contributed by atoms with Crippen molar-refractivity contribution in [1.29, 1.82) is 0 Å². The second-order valence-corrected chi connectivity index (χ2v) is 6.68. The molecule has 1 saturated heterocycles. The van der Waals surface area contributed by atoms with Gasteiger partial charge in [0.1, 0.15) is 5.82 Å². The molecule has 2 aromatic rings. The van der Waals surface area contributed by atoms with Crippen LogP contribution in [0.25, 0.3) is 0 Å². The van der Waals surface area contributed by atoms with Gasteiger partial charge in [-0.05, 0) is 44.5 Å². The van der Waals surface area contributed by atoms with Gasteiger partial charge in [-0.3, -0.25) is 9.78 Å². The summed E-state index contributed by atoms with van der Waals surface area (Å²) in [6, 6.07) is 5.16. The predicted octanol–water partition coefficient (Wildman–Crippen LogP) is 1.85. The molecule has 27 heavy (non-hydrogen) atoms. The molecule has 0 radical (unpaired) electrons. The standard InChI is InChI=1S/C19H24N6O2/c1-12-11-13(2)22-14(3)16(12)23-19(27)25-9-7-24(8-10-25)18-15(17(20)26)5-4-6-21-18/h4-6,11H,7-10H2,1-3H3,(H2,20,26)(H,23,27). The Morgan fingerprint density at radius 1 is 1.15 bits per heavy atom. The zero-order valence-electron chi connectivity index (χ0n) is 15.8. The van der Waals surface area contributed by atoms with Crippen molar-refractivity contribution in [3.63, 3.8) is 0 Å². The lowest BCUT2D eigenvalue weighted by atomic mass is 10.1. The summed E-state index contributed by atoms with van der Waals surface area (Å²) >= 11 is 0. The number of nitrogens with one attached hydrogen (secondary N) is 1. The van der Waals surface area contributed by atoms with Crippen molar-refractivity contribution >= 4 is 23.4 Å². The van der Waals surface area contributed by atoms with Crippen LogP contribution in [0.4, 0.5) is 16.3 Å². The third-order valence-corrected chi connectivity index (χ3v) is 4.68. The number of aromatic nitrogens is 2. The number of primary amides is 1. The number of rotatable bonds is 3. The van der Waals surface area contributed by atoms with E-state index in [0.29, 0.717) is 37.6 Å². The Kier molecular flexibility index (Phi) is 5.25. The molecule has 0 aromatic carbocycles. The fourth-order valence-electron chi connectivity index (χ4n) is 3.36. The van der Waals surface area contributed by atoms with Crippen molar-refractivity contribution in [3.8, 4) is 0 Å². The average molecular weight is 368 g/mol. The highest BCUT2D eigenvalue weighted by Gasteiger charge is 2.25. The Morgan fingerprint density at radius 3 is 2.48 bits per heavy atom. The topological polar surface area (TPSA) is 104 Å². The number of amides is 3. The lowest BCUT2D eigenvalue weighted by Gasteiger charge is -2.36. The van der Waals surface area contributed by atoms with Gasteiger partial charge in [0, 0.05) is 38.1 Å². The van der Waals surface area contributed by atoms with Crippen molar-refractivity contribution in [1.82, 2.24) is 14.9 Å². The summed E-state index contributed by atoms with van der Waals surface area (Å²) in [6.07, 6.45) is 1.64. The van der Waals surface area contributed by atoms with Gasteiger partial charge in [0.05, 0.1) is 16.9 Å². The number of anilines is 2. The van der Waals surface area contributed by atoms with Crippen LogP contribution in [0, 0.1) is 20.8 Å². The summed E-state index contributed by atoms with van der Waals surface area (Å²) in [5.41, 5.74) is 9.31. The van der Waals surface area contributed by atoms with E-state index in [-0.39, 0.29) is 6.03 Å². The minimum absolute atomic E-state index is 0.150. The van der Waals surface area contributed by atoms with Crippen LogP contribution < -0.4 is 16.0 Å². The van der Waals surface area contributed by atoms with Gasteiger partial charge in [0.2, 0.25) is 0 Å². The number of hydrogen-bond donors (Lipinski definition) is 2. The third kappa shape index (κ3) is 3.99. The van der Waals surface area contributed by atoms with Gasteiger partial charge >= 0.3 is 6.03 Å². The van der Waals surface area contributed by atoms with Crippen LogP contribution in [0.2, 0.25) is 0 Å². The Bertz CT molecular complexity index is 851. The quantitative estimate of drug-likeness (QED) is 0.860. The molecular weight excluding hydrogens is 344 g/mol. The molecule has 1 aliphatic heterocycles. The van der Waals surface area contributed by atoms with E-state index in [1.54, 1.807) is 23.2 Å². The first kappa shape index (κ1) is 18.6. The second kappa shape index (κ2) is 7.61. The molecule has 0 unspecified atom stereocenters. The van der Waals surface area contributed by atoms with Crippen LogP contribution in [0.3, 0.4) is 0 Å². The van der Waals surface area contributed by atoms with Gasteiger partial charge in [-0.1, -0.05) is 0 Å². The fraction of sp³-hybridized carbons (Fsp3) is 0.368. The predicted molar refractivity (Wildman–Crippen MR) is 104 cm³/mol. The first-order valence-corrected chi connectivity index (χ1v) is 8.87. The van der Waals surface area contributed by atoms with Gasteiger partial charge in [-0.25, -0.2) is 9.78 Å². The monoisotopic (exact) mass is 368 g/mol. The minimum Gasteiger partial charge on any atom is -0.365 e. The van der Waals surface area contributed by atoms with Crippen molar-refractivity contribution in [2.24, 2.45) is 5.73 Å². The van der Waals surface area contributed by atoms with Crippen LogP contribution in [0.15, 0.2) is 24.4 Å². The van der Waals surface area contributed by atoms with Gasteiger partial charge < -0.3 is 20.9 Å². The summed E-state index contributed by atoms with van der Waals surface area (Å²) in [5.74, 6) is 0.0653. The third-order valence-electron chi connectivity index (χ3n) is 4.68. The Labute approximate surface area is 158 Å². The van der Waals surface area contributed by atoms with Crippen molar-refractivity contribution in [2.75, 3.05) is 36.4 Å². The van der Waals surface area contributed by atoms with Crippen molar-refractivity contribution < 1.29 is 9.59 Å². The first-order chi connectivity index (χ1) is 12.9. The molecule has 8 heteroatoms. The van der Waals surface area contributed by atoms with Gasteiger partial charge in [-0.15, -0.1) is 0 Å². The fourth-order valence-corrected chi connectivity index (χ4v) is 3.36. The zero-order valence-corrected chi connectivity index (χ0v) is 15.8. The molecule has 3 heterocycles. The number of carbonyl (C=O) groups is 2. The van der Waals surface area contributed by atoms with E-state index in [4.69, 9.17) is 5.73 Å². The van der Waals surface area contributed by atoms with E-state index in [0.717, 1.165) is 22.6 Å². The molecule has 0 aliphatic carbocycles. The van der Waals surface area contributed by atoms with Crippen molar-refractivity contribution in [2.45, 2.75) is 20.8 Å². The Morgan fingerprint density at radius 2 is 1.85 bits per heavy atom. The summed E-state index contributed by atoms with van der Waals surface area (Å²) in [7, 11) is 0. The molecular formula is C19H24N6O2. The van der Waals surface area contributed by atoms with E-state index in [1.807, 2.05) is 31.7 Å². The van der Waals surface area contributed by atoms with Gasteiger partial charge in [0.15, 0.2) is 0 Å². The maximum atomic E-state index is 12.7. The number of pyridine rings is 2. The highest BCUT2D eigenvalue weighted by Crippen LogP contribution is 2.21. The Hall–Kier alpha value is -3.16. The van der Waals surface area contributed by atoms with Gasteiger partial charge in [-0.2, -0.15) is 0 Å². The number of piperazine rings is 1. The van der Waals surface area contributed by atoms with E-state index < -0.39 is 5.91 Å². The average Bonchev–Trinajstić information content (AvgIpc) is 2.64. The van der Waals surface area contributed by atoms with E-state index >= 15 is 0 Å². The maximum Gasteiger partial charge on any atom is 0.322 e. The summed E-state index contributed by atoms with van der Waals surface area (Å²) in [6.45, 7) is 7.99. The van der Waals surface area contributed by atoms with Crippen LogP contribution in [0.5, 0.6) is 0 Å². The van der Waals surface area contributed by atoms with Gasteiger partial charge in [0.25, 0.3) is 5.91 Å². The van der Waals surface area contributed by atoms with Crippen molar-refractivity contribution in [3.05, 3.63) is 46.9 Å². The van der Waals surface area contributed by atoms with E-state index in [9.17, 15) is 9.59 Å². The molecule has 142 valence electrons. The molecule has 0 atom stereocenters. The minimum atomic E-state index is -0.504. The molecule has 2 aromatic heterocycles. The lowest BCUT2D eigenvalue weighted by Crippen LogP contribution is -2.50. The number of carbonyl (C=O) groups excluding carboxylic acids is 2. The Balaban J connectivity index is 1.66. The summed E-state index contributed by atoms with van der Waals surface area (Å²) in [5, 5.41) is 2.98. The normalized spacial score (nSPS) is 14.2. The zero-order chi connectivity index (χ0) is 19.6. The molecule has 8 nitrogen and oxygen atoms in total. The van der Waals surface area contributed by atoms with Crippen LogP contribution in [-0.2, 0) is 0 Å². The number of nitrogens with two attached hydrogens (primary N) is 1. The molecule has 3 N–H and O–H groups in total. The molecule has 3 amide bonds. The van der Waals surface area contributed by atoms with Crippen LogP contribution in [-0.4, -0.2) is 53.0 Å². The van der Waals surface area contributed by atoms with E-state index in [2.05, 4.69) is 15.3 Å². The number of urea groups is 1. The number of hydrogen-bond acceptors (Lipinski definition) is 5. The SMILES string of the molecule is Cc1cc(C)c(NC(=O)N2CCN(c3ncccc3C(N)=O)CC2)c(C)n1. The highest BCUT2D eigenvalue weighted by atomic mass is 16.2. The second-order valence-electron chi connectivity index (χ2n) is 6.68. The summed E-state index contributed by atoms with van der Waals surface area (Å²) in [4.78, 5) is 36.7. The lowest BCUT2D eigenvalue weighted by molar-refractivity contribution is 0.1000. The first-order valence-electron chi connectivity index (χ1n) is 8.87. The smallest absolute Gasteiger partial charge is 0.322 e. The molecule has 3 rings (SSSR count). The maximum absolute atomic E-state index is 12.7. The highest BCUT2D eigenvalue weighted by molar-refractivity contribution is 5.97. The largest absolute Gasteiger partial charge is 0.365 e. The van der Waals surface area contributed by atoms with E-state index in [1.165, 1.54) is 0 Å². The summed E-state index contributed by atoms with van der Waals surface area (Å²) < 4.78 is 0. The molecule has 0 saturated carbocycles. The molecule has 0 spiro atoms. The van der Waals surface area contributed by atoms with Crippen LogP contribution >= 0.6 is 0 Å². The van der Waals surface area contributed by atoms with Crippen LogP contribution in [0.1, 0.15) is 27.3 Å². The number of nitrogens with zero attached hydrogens (tertiary/aromatic N) is 4. The molecule has 0 bridgehead atoms. The number of aryl methyl sites for hydroxylation is 3. The molecule has 1 aliphatic rings.